The van der Waals surface area contributed by atoms with Gasteiger partial charge in [-0.05, 0) is 40.1 Å². The van der Waals surface area contributed by atoms with Crippen molar-refractivity contribution in [3.63, 3.8) is 0 Å². The fraction of sp³-hybridized carbons (Fsp3) is 0.211. The summed E-state index contributed by atoms with van der Waals surface area (Å²) in [6.45, 7) is 13.5. The van der Waals surface area contributed by atoms with Crippen molar-refractivity contribution >= 4 is 61.5 Å². The van der Waals surface area contributed by atoms with Crippen LogP contribution < -0.4 is 4.40 Å². The fourth-order valence-electron chi connectivity index (χ4n) is 8.75. The Hall–Kier alpha value is -5.73. The minimum atomic E-state index is -1.91. The van der Waals surface area contributed by atoms with Gasteiger partial charge >= 0.3 is 132 Å². The maximum Gasteiger partial charge on any atom is 0 e. The van der Waals surface area contributed by atoms with Gasteiger partial charge in [-0.25, -0.2) is 9.37 Å². The average Bonchev–Trinajstić information content (AvgIpc) is 3.87. The third kappa shape index (κ3) is 8.87. The third-order valence-corrected chi connectivity index (χ3v) is 16.7. The second kappa shape index (κ2) is 18.3. The van der Waals surface area contributed by atoms with Crippen molar-refractivity contribution in [3.05, 3.63) is 175 Å². The molecule has 4 heterocycles. The maximum atomic E-state index is 15.0. The molecule has 8 heteroatoms. The number of hydrogen-bond donors (Lipinski definition) is 0. The predicted molar refractivity (Wildman–Crippen MR) is 267 cm³/mol. The first-order valence-corrected chi connectivity index (χ1v) is 29.5. The molecule has 0 saturated heterocycles. The molecule has 0 amide bonds. The van der Waals surface area contributed by atoms with E-state index in [0.29, 0.717) is 45.6 Å². The normalized spacial score (nSPS) is 12.4. The van der Waals surface area contributed by atoms with Gasteiger partial charge in [-0.2, -0.15) is 0 Å². The quantitative estimate of drug-likeness (QED) is 0.118. The number of nitrogens with zero attached hydrogens (tertiary/aromatic N) is 4. The Balaban J connectivity index is 0.000000222. The van der Waals surface area contributed by atoms with Gasteiger partial charge in [-0.1, -0.05) is 105 Å². The van der Waals surface area contributed by atoms with E-state index in [4.69, 9.17) is 14.4 Å². The van der Waals surface area contributed by atoms with Crippen LogP contribution in [0.3, 0.4) is 0 Å². The number of pyridine rings is 2. The fourth-order valence-corrected chi connectivity index (χ4v) is 12.1. The number of fused-ring (bicyclic) bond motifs is 6. The van der Waals surface area contributed by atoms with Crippen molar-refractivity contribution in [1.82, 2.24) is 19.5 Å². The topological polar surface area (TPSA) is 56.7 Å². The van der Waals surface area contributed by atoms with E-state index in [1.165, 1.54) is 16.0 Å². The molecule has 65 heavy (non-hydrogen) atoms. The van der Waals surface area contributed by atoms with Gasteiger partial charge in [0.25, 0.3) is 0 Å². The zero-order chi connectivity index (χ0) is 44.9. The Morgan fingerprint density at radius 1 is 0.738 bits per heavy atom. The molecule has 4 aromatic heterocycles. The molecule has 0 N–H and O–H groups in total. The van der Waals surface area contributed by atoms with Crippen LogP contribution in [0.4, 0.5) is 4.39 Å². The number of aromatic nitrogens is 4. The van der Waals surface area contributed by atoms with Crippen molar-refractivity contribution in [2.24, 2.45) is 5.92 Å². The summed E-state index contributed by atoms with van der Waals surface area (Å²) < 4.78 is 25.1. The monoisotopic (exact) mass is 1100 g/mol. The van der Waals surface area contributed by atoms with E-state index in [0.717, 1.165) is 55.2 Å². The standard InChI is InChI=1S/C38H27FN3O.C19H26GeN.Ir/c1-38(2,3)30-18-10-15-27(23-11-5-4-6-12-23)34(30)42-32-21-25(39)19-20-31(32)41-36(42)29-17-9-16-28-33-26-14-8-7-13-24(26)22-40-37(33)43-35(28)29;1-14(2)15(3)17-12-19(16-10-8-7-9-11-16)21-13-18(17)20(4,5)6;/h4-16,18-22H,1-3H3;7-10,12-15H,1-6H3;/q2*-1;. The number of rotatable bonds is 7. The maximum absolute atomic E-state index is 15.0. The first-order valence-electron chi connectivity index (χ1n) is 22.1. The Bertz CT molecular complexity index is 3310. The molecule has 0 fully saturated rings. The summed E-state index contributed by atoms with van der Waals surface area (Å²) in [7, 11) is 0. The molecule has 0 aliphatic carbocycles. The minimum absolute atomic E-state index is 0. The van der Waals surface area contributed by atoms with Gasteiger partial charge in [0.05, 0.1) is 28.1 Å². The number of hydrogen-bond acceptors (Lipinski definition) is 4. The van der Waals surface area contributed by atoms with Crippen LogP contribution in [0.15, 0.2) is 150 Å². The van der Waals surface area contributed by atoms with Gasteiger partial charge in [-0.3, -0.25) is 4.98 Å². The molecule has 0 aliphatic rings. The van der Waals surface area contributed by atoms with E-state index >= 15 is 0 Å². The molecule has 0 bridgehead atoms. The molecule has 1 atom stereocenters. The molecule has 5 nitrogen and oxygen atoms in total. The summed E-state index contributed by atoms with van der Waals surface area (Å²) in [6.07, 6.45) is 3.98. The number of imidazole rings is 1. The van der Waals surface area contributed by atoms with E-state index in [1.807, 2.05) is 60.8 Å². The van der Waals surface area contributed by atoms with Crippen molar-refractivity contribution in [1.29, 1.82) is 0 Å². The van der Waals surface area contributed by atoms with E-state index in [2.05, 4.69) is 147 Å². The molecule has 0 spiro atoms. The van der Waals surface area contributed by atoms with Crippen molar-refractivity contribution in [3.8, 4) is 39.5 Å². The van der Waals surface area contributed by atoms with E-state index < -0.39 is 13.3 Å². The number of benzene rings is 6. The van der Waals surface area contributed by atoms with Gasteiger partial charge in [0.1, 0.15) is 5.82 Å². The first-order chi connectivity index (χ1) is 30.7. The number of para-hydroxylation sites is 1. The number of halogens is 1. The molecule has 0 aliphatic heterocycles. The van der Waals surface area contributed by atoms with Gasteiger partial charge in [-0.15, -0.1) is 18.2 Å². The molecule has 1 unspecified atom stereocenters. The smallest absolute Gasteiger partial charge is 0 e. The molecular weight excluding hydrogens is 1040 g/mol. The summed E-state index contributed by atoms with van der Waals surface area (Å²) in [6, 6.07) is 50.7. The molecule has 10 rings (SSSR count). The van der Waals surface area contributed by atoms with Crippen LogP contribution >= 0.6 is 0 Å². The summed E-state index contributed by atoms with van der Waals surface area (Å²) in [4.78, 5) is 14.5. The van der Waals surface area contributed by atoms with Crippen molar-refractivity contribution in [2.75, 3.05) is 0 Å². The molecule has 6 aromatic carbocycles. The number of furan rings is 1. The minimum Gasteiger partial charge on any atom is 0 e. The first kappa shape index (κ1) is 45.8. The van der Waals surface area contributed by atoms with E-state index in [9.17, 15) is 4.39 Å². The van der Waals surface area contributed by atoms with Crippen molar-refractivity contribution < 1.29 is 28.9 Å². The Morgan fingerprint density at radius 2 is 1.49 bits per heavy atom. The van der Waals surface area contributed by atoms with Crippen LogP contribution in [-0.2, 0) is 25.5 Å². The van der Waals surface area contributed by atoms with Gasteiger partial charge in [0.2, 0.25) is 5.71 Å². The van der Waals surface area contributed by atoms with Gasteiger partial charge < -0.3 is 8.98 Å². The van der Waals surface area contributed by atoms with Crippen LogP contribution in [0.5, 0.6) is 0 Å². The van der Waals surface area contributed by atoms with E-state index in [1.54, 1.807) is 12.1 Å². The van der Waals surface area contributed by atoms with Crippen LogP contribution in [0.1, 0.15) is 58.6 Å². The molecule has 1 radical (unpaired) electrons. The summed E-state index contributed by atoms with van der Waals surface area (Å²) in [5.74, 6) is 8.85. The summed E-state index contributed by atoms with van der Waals surface area (Å²) >= 11 is -1.91. The van der Waals surface area contributed by atoms with Crippen LogP contribution in [-0.4, -0.2) is 32.8 Å². The molecule has 0 saturated carbocycles. The van der Waals surface area contributed by atoms with E-state index in [-0.39, 0.29) is 31.3 Å². The SMILES string of the molecule is CC(C)(C)c1cccc(-c2ccccc2)c1-n1c(-c2[c-]ccc3c2oc2ncc4ccccc4c23)nc2ccc(F)cc21.CC(C)C(C)c1cc(-c2[c-]cccc2)nc[c]1[Ge]([CH3])([CH3])[CH3].[Ir]. The molecule has 329 valence electrons. The van der Waals surface area contributed by atoms with Crippen LogP contribution in [0.25, 0.3) is 83.3 Å². The Morgan fingerprint density at radius 3 is 2.22 bits per heavy atom. The predicted octanol–water partition coefficient (Wildman–Crippen LogP) is 14.9. The zero-order valence-electron chi connectivity index (χ0n) is 38.4. The zero-order valence-corrected chi connectivity index (χ0v) is 42.9. The third-order valence-electron chi connectivity index (χ3n) is 12.4. The second-order valence-corrected chi connectivity index (χ2v) is 29.7. The van der Waals surface area contributed by atoms with Crippen LogP contribution in [0.2, 0.25) is 17.3 Å². The van der Waals surface area contributed by atoms with Gasteiger partial charge in [0.15, 0.2) is 0 Å². The second-order valence-electron chi connectivity index (χ2n) is 19.2. The van der Waals surface area contributed by atoms with Gasteiger partial charge in [0, 0.05) is 42.6 Å². The van der Waals surface area contributed by atoms with Crippen molar-refractivity contribution in [2.45, 2.75) is 70.1 Å². The largest absolute Gasteiger partial charge is 0 e. The van der Waals surface area contributed by atoms with Crippen LogP contribution in [0, 0.1) is 23.9 Å². The average molecular weight is 1090 g/mol. The summed E-state index contributed by atoms with van der Waals surface area (Å²) in [5.41, 5.74) is 10.8. The summed E-state index contributed by atoms with van der Waals surface area (Å²) in [5, 5.41) is 4.01. The Kier molecular flexibility index (Phi) is 12.9. The molecule has 10 aromatic rings. The Labute approximate surface area is 397 Å². The molecular formula is C57H53FGeIrN4O-2.